The first-order chi connectivity index (χ1) is 27.3. The minimum Gasteiger partial charge on any atom is -0.309 e. The van der Waals surface area contributed by atoms with Gasteiger partial charge in [0.15, 0.2) is 0 Å². The number of aryl methyl sites for hydroxylation is 1. The van der Waals surface area contributed by atoms with Crippen LogP contribution in [0.5, 0.6) is 0 Å². The average molecular weight is 696 g/mol. The van der Waals surface area contributed by atoms with Crippen molar-refractivity contribution < 1.29 is 0 Å². The number of hydrogen-bond donors (Lipinski definition) is 0. The van der Waals surface area contributed by atoms with Gasteiger partial charge in [0.1, 0.15) is 0 Å². The molecule has 1 aliphatic carbocycles. The van der Waals surface area contributed by atoms with E-state index in [-0.39, 0.29) is 0 Å². The molecule has 0 unspecified atom stereocenters. The molecule has 1 heteroatoms. The molecular formula is C54H33N. The van der Waals surface area contributed by atoms with Gasteiger partial charge >= 0.3 is 0 Å². The van der Waals surface area contributed by atoms with E-state index in [0.717, 1.165) is 12.8 Å². The normalized spacial score (nSPS) is 13.2. The average Bonchev–Trinajstić information content (AvgIpc) is 3.58. The molecule has 1 aliphatic rings. The molecule has 12 aromatic rings. The highest BCUT2D eigenvalue weighted by atomic mass is 15.0. The standard InChI is InChI=1S/C54H33N/c1-4-16-43-37(12-1)38-13-2-6-18-45(38)54-47-30-35(23-26-40(47)39-14-3-5-17-44(39)53(43)54)36-24-27-42-41-15-7-8-19-48(41)55(50(42)31-36)49-29-25-34-21-20-32-10-9-11-33-22-28-46(49)52(34)51(32)33/h1,3-12,14-31H,2,13H2. The van der Waals surface area contributed by atoms with Crippen molar-refractivity contribution >= 4 is 103 Å². The Bertz CT molecular complexity index is 3640. The first kappa shape index (κ1) is 29.5. The highest BCUT2D eigenvalue weighted by Crippen LogP contribution is 2.46. The van der Waals surface area contributed by atoms with E-state index in [1.165, 1.54) is 125 Å². The van der Waals surface area contributed by atoms with E-state index in [1.807, 2.05) is 0 Å². The van der Waals surface area contributed by atoms with E-state index in [1.54, 1.807) is 0 Å². The van der Waals surface area contributed by atoms with Crippen molar-refractivity contribution in [1.29, 1.82) is 0 Å². The molecule has 0 aliphatic heterocycles. The molecule has 0 amide bonds. The molecule has 0 spiro atoms. The lowest BCUT2D eigenvalue weighted by Gasteiger charge is -2.21. The summed E-state index contributed by atoms with van der Waals surface area (Å²) in [6.45, 7) is 0. The van der Waals surface area contributed by atoms with Crippen molar-refractivity contribution in [3.05, 3.63) is 181 Å². The van der Waals surface area contributed by atoms with Crippen molar-refractivity contribution in [2.45, 2.75) is 12.8 Å². The summed E-state index contributed by atoms with van der Waals surface area (Å²) in [6.07, 6.45) is 6.92. The van der Waals surface area contributed by atoms with Crippen LogP contribution in [0, 0.1) is 0 Å². The van der Waals surface area contributed by atoms with Gasteiger partial charge in [0, 0.05) is 16.2 Å². The summed E-state index contributed by atoms with van der Waals surface area (Å²) in [5.74, 6) is 0. The van der Waals surface area contributed by atoms with Crippen molar-refractivity contribution in [2.75, 3.05) is 0 Å². The molecule has 13 rings (SSSR count). The first-order valence-electron chi connectivity index (χ1n) is 19.5. The van der Waals surface area contributed by atoms with Crippen LogP contribution in [-0.2, 0) is 6.42 Å². The minimum absolute atomic E-state index is 1.07. The monoisotopic (exact) mass is 695 g/mol. The fraction of sp³-hybridized carbons (Fsp3) is 0.0370. The van der Waals surface area contributed by atoms with Crippen LogP contribution in [0.2, 0.25) is 0 Å². The largest absolute Gasteiger partial charge is 0.309 e. The van der Waals surface area contributed by atoms with Gasteiger partial charge in [-0.3, -0.25) is 0 Å². The quantitative estimate of drug-likeness (QED) is 0.159. The molecule has 0 radical (unpaired) electrons. The summed E-state index contributed by atoms with van der Waals surface area (Å²) >= 11 is 0. The van der Waals surface area contributed by atoms with Gasteiger partial charge in [0.2, 0.25) is 0 Å². The number of fused-ring (bicyclic) bond motifs is 14. The van der Waals surface area contributed by atoms with Crippen LogP contribution in [0.25, 0.3) is 120 Å². The summed E-state index contributed by atoms with van der Waals surface area (Å²) in [6, 6.07) is 61.8. The highest BCUT2D eigenvalue weighted by Gasteiger charge is 2.21. The van der Waals surface area contributed by atoms with Crippen molar-refractivity contribution in [1.82, 2.24) is 4.57 Å². The molecule has 0 bridgehead atoms. The Hall–Kier alpha value is -6.96. The Kier molecular flexibility index (Phi) is 5.80. The zero-order valence-corrected chi connectivity index (χ0v) is 30.1. The Morgan fingerprint density at radius 3 is 1.80 bits per heavy atom. The number of hydrogen-bond acceptors (Lipinski definition) is 0. The fourth-order valence-corrected chi connectivity index (χ4v) is 10.4. The number of rotatable bonds is 2. The van der Waals surface area contributed by atoms with Crippen LogP contribution < -0.4 is 0 Å². The number of allylic oxidation sites excluding steroid dienone is 1. The van der Waals surface area contributed by atoms with Gasteiger partial charge in [-0.15, -0.1) is 0 Å². The summed E-state index contributed by atoms with van der Waals surface area (Å²) in [5.41, 5.74) is 9.00. The van der Waals surface area contributed by atoms with Crippen molar-refractivity contribution in [3.8, 4) is 16.8 Å². The van der Waals surface area contributed by atoms with Gasteiger partial charge < -0.3 is 4.57 Å². The summed E-state index contributed by atoms with van der Waals surface area (Å²) in [4.78, 5) is 0. The van der Waals surface area contributed by atoms with E-state index in [4.69, 9.17) is 0 Å². The molecular weight excluding hydrogens is 663 g/mol. The Balaban J connectivity index is 1.12. The number of aromatic nitrogens is 1. The third kappa shape index (κ3) is 3.92. The molecule has 1 nitrogen and oxygen atoms in total. The molecule has 0 atom stereocenters. The lowest BCUT2D eigenvalue weighted by molar-refractivity contribution is 1.00. The van der Waals surface area contributed by atoms with Crippen LogP contribution in [-0.4, -0.2) is 4.57 Å². The van der Waals surface area contributed by atoms with Crippen LogP contribution in [0.3, 0.4) is 0 Å². The molecule has 1 aromatic heterocycles. The SMILES string of the molecule is C1=Cc2c(c3ccccc3c3c4ccccc4c4ccc(-c5ccc6c7ccccc7n(-c7ccc8ccc9cccc%10ccc7c8c9%10)c6c5)cc4c23)CC1. The van der Waals surface area contributed by atoms with E-state index in [0.29, 0.717) is 0 Å². The zero-order chi connectivity index (χ0) is 35.8. The number of nitrogens with zero attached hydrogens (tertiary/aromatic N) is 1. The minimum atomic E-state index is 1.07. The van der Waals surface area contributed by atoms with Gasteiger partial charge in [-0.2, -0.15) is 0 Å². The summed E-state index contributed by atoms with van der Waals surface area (Å²) < 4.78 is 2.51. The molecule has 11 aromatic carbocycles. The zero-order valence-electron chi connectivity index (χ0n) is 30.1. The van der Waals surface area contributed by atoms with Crippen molar-refractivity contribution in [2.24, 2.45) is 0 Å². The lowest BCUT2D eigenvalue weighted by Crippen LogP contribution is -1.99. The Labute approximate surface area is 317 Å². The number of benzene rings is 11. The Morgan fingerprint density at radius 1 is 0.364 bits per heavy atom. The summed E-state index contributed by atoms with van der Waals surface area (Å²) in [7, 11) is 0. The topological polar surface area (TPSA) is 4.93 Å². The van der Waals surface area contributed by atoms with E-state index >= 15 is 0 Å². The second-order valence-corrected chi connectivity index (χ2v) is 15.5. The van der Waals surface area contributed by atoms with Gasteiger partial charge in [-0.25, -0.2) is 0 Å². The van der Waals surface area contributed by atoms with E-state index in [9.17, 15) is 0 Å². The van der Waals surface area contributed by atoms with Crippen molar-refractivity contribution in [3.63, 3.8) is 0 Å². The smallest absolute Gasteiger partial charge is 0.0547 e. The van der Waals surface area contributed by atoms with Gasteiger partial charge in [0.05, 0.1) is 16.7 Å². The van der Waals surface area contributed by atoms with E-state index < -0.39 is 0 Å². The van der Waals surface area contributed by atoms with E-state index in [2.05, 4.69) is 181 Å². The molecule has 254 valence electrons. The second-order valence-electron chi connectivity index (χ2n) is 15.5. The predicted octanol–water partition coefficient (Wildman–Crippen LogP) is 14.9. The molecule has 1 heterocycles. The van der Waals surface area contributed by atoms with Crippen LogP contribution >= 0.6 is 0 Å². The van der Waals surface area contributed by atoms with Gasteiger partial charge in [-0.05, 0) is 129 Å². The third-order valence-electron chi connectivity index (χ3n) is 12.7. The molecule has 55 heavy (non-hydrogen) atoms. The van der Waals surface area contributed by atoms with Crippen LogP contribution in [0.4, 0.5) is 0 Å². The number of para-hydroxylation sites is 1. The third-order valence-corrected chi connectivity index (χ3v) is 12.7. The molecule has 0 fully saturated rings. The van der Waals surface area contributed by atoms with Crippen LogP contribution in [0.1, 0.15) is 17.5 Å². The van der Waals surface area contributed by atoms with Gasteiger partial charge in [-0.1, -0.05) is 152 Å². The summed E-state index contributed by atoms with van der Waals surface area (Å²) in [5, 5.41) is 21.1. The maximum Gasteiger partial charge on any atom is 0.0547 e. The second kappa shape index (κ2) is 10.8. The lowest BCUT2D eigenvalue weighted by atomic mass is 9.82. The Morgan fingerprint density at radius 2 is 0.964 bits per heavy atom. The fourth-order valence-electron chi connectivity index (χ4n) is 10.4. The first-order valence-corrected chi connectivity index (χ1v) is 19.5. The highest BCUT2D eigenvalue weighted by molar-refractivity contribution is 6.34. The molecule has 0 saturated carbocycles. The maximum absolute atomic E-state index is 2.51. The van der Waals surface area contributed by atoms with Gasteiger partial charge in [0.25, 0.3) is 0 Å². The maximum atomic E-state index is 2.51. The van der Waals surface area contributed by atoms with Crippen LogP contribution in [0.15, 0.2) is 170 Å². The molecule has 0 saturated heterocycles. The molecule has 0 N–H and O–H groups in total. The predicted molar refractivity (Wildman–Crippen MR) is 237 cm³/mol.